The van der Waals surface area contributed by atoms with Crippen molar-refractivity contribution in [3.63, 3.8) is 0 Å². The summed E-state index contributed by atoms with van der Waals surface area (Å²) in [6.45, 7) is -0.271. The van der Waals surface area contributed by atoms with Gasteiger partial charge in [-0.3, -0.25) is 10.1 Å². The lowest BCUT2D eigenvalue weighted by molar-refractivity contribution is -0.386. The Morgan fingerprint density at radius 3 is 2.60 bits per heavy atom. The van der Waals surface area contributed by atoms with Crippen molar-refractivity contribution in [1.29, 1.82) is 0 Å². The molecular weight excluding hydrogens is 292 g/mol. The van der Waals surface area contributed by atoms with Crippen LogP contribution in [-0.2, 0) is 6.61 Å². The number of benzene rings is 2. The van der Waals surface area contributed by atoms with Gasteiger partial charge in [0, 0.05) is 22.7 Å². The monoisotopic (exact) mass is 299 g/mol. The van der Waals surface area contributed by atoms with E-state index >= 15 is 0 Å². The Labute approximate surface area is 117 Å². The minimum Gasteiger partial charge on any atom is -0.482 e. The maximum absolute atomic E-state index is 13.5. The number of hydrogen-bond acceptors (Lipinski definition) is 3. The Hall–Kier alpha value is -2.21. The average molecular weight is 300 g/mol. The Balaban J connectivity index is 2.22. The van der Waals surface area contributed by atoms with Crippen LogP contribution >= 0.6 is 11.6 Å². The minimum atomic E-state index is -0.701. The highest BCUT2D eigenvalue weighted by atomic mass is 35.5. The molecule has 0 aliphatic heterocycles. The van der Waals surface area contributed by atoms with Crippen molar-refractivity contribution in [2.45, 2.75) is 6.61 Å². The fourth-order valence-electron chi connectivity index (χ4n) is 1.55. The van der Waals surface area contributed by atoms with Crippen molar-refractivity contribution in [3.05, 3.63) is 68.7 Å². The van der Waals surface area contributed by atoms with Gasteiger partial charge < -0.3 is 4.74 Å². The van der Waals surface area contributed by atoms with Crippen LogP contribution < -0.4 is 4.74 Å². The van der Waals surface area contributed by atoms with Gasteiger partial charge in [0.15, 0.2) is 5.75 Å². The van der Waals surface area contributed by atoms with Crippen LogP contribution in [0.1, 0.15) is 5.56 Å². The van der Waals surface area contributed by atoms with Gasteiger partial charge in [-0.25, -0.2) is 8.78 Å². The van der Waals surface area contributed by atoms with E-state index < -0.39 is 16.6 Å². The van der Waals surface area contributed by atoms with Gasteiger partial charge in [-0.2, -0.15) is 0 Å². The standard InChI is InChI=1S/C13H8ClF2NO3/c14-9-2-1-8(11(16)5-9)7-20-13-6-10(15)3-4-12(13)17(18)19/h1-6H,7H2. The van der Waals surface area contributed by atoms with Gasteiger partial charge in [-0.15, -0.1) is 0 Å². The van der Waals surface area contributed by atoms with Gasteiger partial charge in [0.25, 0.3) is 0 Å². The second-order valence-corrected chi connectivity index (χ2v) is 4.33. The maximum Gasteiger partial charge on any atom is 0.311 e. The summed E-state index contributed by atoms with van der Waals surface area (Å²) in [5.41, 5.74) is -0.228. The molecule has 2 aromatic rings. The lowest BCUT2D eigenvalue weighted by Crippen LogP contribution is -2.01. The van der Waals surface area contributed by atoms with Crippen LogP contribution in [0.25, 0.3) is 0 Å². The zero-order chi connectivity index (χ0) is 14.7. The summed E-state index contributed by atoms with van der Waals surface area (Å²) < 4.78 is 31.7. The van der Waals surface area contributed by atoms with E-state index in [4.69, 9.17) is 16.3 Å². The quantitative estimate of drug-likeness (QED) is 0.630. The van der Waals surface area contributed by atoms with E-state index in [1.54, 1.807) is 0 Å². The molecule has 7 heteroatoms. The van der Waals surface area contributed by atoms with Crippen LogP contribution in [-0.4, -0.2) is 4.92 Å². The van der Waals surface area contributed by atoms with Crippen LogP contribution in [0, 0.1) is 21.7 Å². The summed E-state index contributed by atoms with van der Waals surface area (Å²) in [6.07, 6.45) is 0. The van der Waals surface area contributed by atoms with E-state index in [1.807, 2.05) is 0 Å². The second-order valence-electron chi connectivity index (χ2n) is 3.89. The van der Waals surface area contributed by atoms with E-state index in [-0.39, 0.29) is 28.6 Å². The Morgan fingerprint density at radius 1 is 1.20 bits per heavy atom. The van der Waals surface area contributed by atoms with Crippen molar-refractivity contribution in [3.8, 4) is 5.75 Å². The first-order chi connectivity index (χ1) is 9.47. The van der Waals surface area contributed by atoms with Crippen molar-refractivity contribution >= 4 is 17.3 Å². The molecule has 0 saturated carbocycles. The normalized spacial score (nSPS) is 10.3. The number of hydrogen-bond donors (Lipinski definition) is 0. The molecule has 0 fully saturated rings. The van der Waals surface area contributed by atoms with Gasteiger partial charge in [0.05, 0.1) is 4.92 Å². The second kappa shape index (κ2) is 5.83. The minimum absolute atomic E-state index is 0.160. The molecule has 0 N–H and O–H groups in total. The summed E-state index contributed by atoms with van der Waals surface area (Å²) in [6, 6.07) is 6.77. The van der Waals surface area contributed by atoms with Gasteiger partial charge in [-0.05, 0) is 18.2 Å². The zero-order valence-corrected chi connectivity index (χ0v) is 10.7. The van der Waals surface area contributed by atoms with Crippen molar-refractivity contribution in [2.75, 3.05) is 0 Å². The highest BCUT2D eigenvalue weighted by Crippen LogP contribution is 2.28. The third kappa shape index (κ3) is 3.21. The Kier molecular flexibility index (Phi) is 4.14. The Morgan fingerprint density at radius 2 is 1.95 bits per heavy atom. The zero-order valence-electron chi connectivity index (χ0n) is 9.98. The molecule has 0 aliphatic carbocycles. The number of ether oxygens (including phenoxy) is 1. The molecule has 2 aromatic carbocycles. The van der Waals surface area contributed by atoms with Crippen molar-refractivity contribution < 1.29 is 18.4 Å². The summed E-state index contributed by atoms with van der Waals surface area (Å²) in [5, 5.41) is 11.0. The number of rotatable bonds is 4. The molecular formula is C13H8ClF2NO3. The van der Waals surface area contributed by atoms with Gasteiger partial charge in [0.2, 0.25) is 0 Å². The van der Waals surface area contributed by atoms with Crippen LogP contribution in [0.15, 0.2) is 36.4 Å². The SMILES string of the molecule is O=[N+]([O-])c1ccc(F)cc1OCc1ccc(Cl)cc1F. The summed E-state index contributed by atoms with van der Waals surface area (Å²) in [4.78, 5) is 10.1. The van der Waals surface area contributed by atoms with Crippen LogP contribution in [0.3, 0.4) is 0 Å². The highest BCUT2D eigenvalue weighted by Gasteiger charge is 2.16. The molecule has 0 spiro atoms. The molecule has 0 atom stereocenters. The molecule has 0 radical (unpaired) electrons. The number of nitro groups is 1. The summed E-state index contributed by atoms with van der Waals surface area (Å²) >= 11 is 5.60. The molecule has 104 valence electrons. The number of nitro benzene ring substituents is 1. The smallest absolute Gasteiger partial charge is 0.311 e. The first-order valence-electron chi connectivity index (χ1n) is 5.48. The number of nitrogens with zero attached hydrogens (tertiary/aromatic N) is 1. The molecule has 0 amide bonds. The van der Waals surface area contributed by atoms with Crippen LogP contribution in [0.5, 0.6) is 5.75 Å². The molecule has 2 rings (SSSR count). The lowest BCUT2D eigenvalue weighted by Gasteiger charge is -2.08. The largest absolute Gasteiger partial charge is 0.482 e. The fraction of sp³-hybridized carbons (Fsp3) is 0.0769. The molecule has 0 aliphatic rings. The lowest BCUT2D eigenvalue weighted by atomic mass is 10.2. The maximum atomic E-state index is 13.5. The molecule has 0 bridgehead atoms. The van der Waals surface area contributed by atoms with E-state index in [0.717, 1.165) is 24.3 Å². The van der Waals surface area contributed by atoms with E-state index in [9.17, 15) is 18.9 Å². The third-order valence-corrected chi connectivity index (χ3v) is 2.75. The average Bonchev–Trinajstić information content (AvgIpc) is 2.37. The Bertz CT molecular complexity index is 664. The molecule has 0 unspecified atom stereocenters. The molecule has 0 heterocycles. The predicted molar refractivity (Wildman–Crippen MR) is 68.8 cm³/mol. The molecule has 0 saturated heterocycles. The van der Waals surface area contributed by atoms with Gasteiger partial charge >= 0.3 is 5.69 Å². The molecule has 20 heavy (non-hydrogen) atoms. The number of halogens is 3. The fourth-order valence-corrected chi connectivity index (χ4v) is 1.71. The predicted octanol–water partition coefficient (Wildman–Crippen LogP) is 4.11. The first-order valence-corrected chi connectivity index (χ1v) is 5.86. The van der Waals surface area contributed by atoms with Crippen molar-refractivity contribution in [1.82, 2.24) is 0 Å². The highest BCUT2D eigenvalue weighted by molar-refractivity contribution is 6.30. The van der Waals surface area contributed by atoms with E-state index in [1.165, 1.54) is 12.1 Å². The van der Waals surface area contributed by atoms with Crippen LogP contribution in [0.4, 0.5) is 14.5 Å². The topological polar surface area (TPSA) is 52.4 Å². The van der Waals surface area contributed by atoms with Gasteiger partial charge in [0.1, 0.15) is 18.2 Å². The third-order valence-electron chi connectivity index (χ3n) is 2.52. The molecule has 4 nitrogen and oxygen atoms in total. The first kappa shape index (κ1) is 14.2. The van der Waals surface area contributed by atoms with E-state index in [2.05, 4.69) is 0 Å². The van der Waals surface area contributed by atoms with Gasteiger partial charge in [-0.1, -0.05) is 17.7 Å². The summed E-state index contributed by atoms with van der Waals surface area (Å²) in [7, 11) is 0. The van der Waals surface area contributed by atoms with E-state index in [0.29, 0.717) is 0 Å². The van der Waals surface area contributed by atoms with Crippen molar-refractivity contribution in [2.24, 2.45) is 0 Å². The summed E-state index contributed by atoms with van der Waals surface area (Å²) in [5.74, 6) is -1.54. The molecule has 0 aromatic heterocycles. The van der Waals surface area contributed by atoms with Crippen LogP contribution in [0.2, 0.25) is 5.02 Å².